The lowest BCUT2D eigenvalue weighted by molar-refractivity contribution is 0.594. The van der Waals surface area contributed by atoms with Crippen LogP contribution in [0.1, 0.15) is 16.8 Å². The molecule has 3 rings (SSSR count). The summed E-state index contributed by atoms with van der Waals surface area (Å²) in [6.07, 6.45) is 0. The first-order valence-corrected chi connectivity index (χ1v) is 9.73. The minimum absolute atomic E-state index is 0.0120. The summed E-state index contributed by atoms with van der Waals surface area (Å²) in [5, 5.41) is 0.0120. The van der Waals surface area contributed by atoms with E-state index in [4.69, 9.17) is 11.6 Å². The van der Waals surface area contributed by atoms with Gasteiger partial charge >= 0.3 is 0 Å². The van der Waals surface area contributed by atoms with Crippen LogP contribution in [0.25, 0.3) is 11.1 Å². The van der Waals surface area contributed by atoms with Crippen molar-refractivity contribution in [1.29, 1.82) is 0 Å². The Bertz CT molecular complexity index is 1040. The van der Waals surface area contributed by atoms with Crippen LogP contribution in [0.15, 0.2) is 64.4 Å². The average Bonchev–Trinajstić information content (AvgIpc) is 2.55. The standard InChI is InChI=1S/C20H18ClNO2S/c1-13-9-7-8-12-17(13)25(23,24)19-14(2)18(15(3)22-20(19)21)16-10-5-4-6-11-16/h4-12H,1-3H3. The van der Waals surface area contributed by atoms with Crippen LogP contribution in [-0.4, -0.2) is 13.4 Å². The Morgan fingerprint density at radius 1 is 0.880 bits per heavy atom. The molecule has 25 heavy (non-hydrogen) atoms. The molecule has 0 radical (unpaired) electrons. The molecule has 3 aromatic rings. The van der Waals surface area contributed by atoms with Crippen LogP contribution in [0.4, 0.5) is 0 Å². The van der Waals surface area contributed by atoms with Gasteiger partial charge in [0, 0.05) is 11.3 Å². The van der Waals surface area contributed by atoms with E-state index in [1.54, 1.807) is 32.0 Å². The van der Waals surface area contributed by atoms with E-state index >= 15 is 0 Å². The summed E-state index contributed by atoms with van der Waals surface area (Å²) in [7, 11) is -3.77. The van der Waals surface area contributed by atoms with Crippen molar-refractivity contribution < 1.29 is 8.42 Å². The van der Waals surface area contributed by atoms with Gasteiger partial charge in [-0.25, -0.2) is 13.4 Å². The van der Waals surface area contributed by atoms with Gasteiger partial charge < -0.3 is 0 Å². The van der Waals surface area contributed by atoms with E-state index in [1.165, 1.54) is 0 Å². The van der Waals surface area contributed by atoms with Crippen LogP contribution in [0.5, 0.6) is 0 Å². The van der Waals surface area contributed by atoms with Gasteiger partial charge in [-0.15, -0.1) is 0 Å². The second kappa shape index (κ2) is 6.62. The number of hydrogen-bond acceptors (Lipinski definition) is 3. The Hall–Kier alpha value is -2.17. The van der Waals surface area contributed by atoms with Crippen LogP contribution < -0.4 is 0 Å². The fourth-order valence-electron chi connectivity index (χ4n) is 3.10. The zero-order valence-corrected chi connectivity index (χ0v) is 15.8. The molecule has 0 aliphatic rings. The Kier molecular flexibility index (Phi) is 4.67. The number of aryl methyl sites for hydroxylation is 2. The molecule has 0 saturated heterocycles. The van der Waals surface area contributed by atoms with E-state index in [0.717, 1.165) is 11.1 Å². The van der Waals surface area contributed by atoms with E-state index in [0.29, 0.717) is 16.8 Å². The first-order valence-electron chi connectivity index (χ1n) is 7.87. The molecule has 0 amide bonds. The van der Waals surface area contributed by atoms with E-state index < -0.39 is 9.84 Å². The summed E-state index contributed by atoms with van der Waals surface area (Å²) >= 11 is 6.29. The van der Waals surface area contributed by atoms with E-state index in [9.17, 15) is 8.42 Å². The maximum Gasteiger partial charge on any atom is 0.210 e. The maximum absolute atomic E-state index is 13.3. The fraction of sp³-hybridized carbons (Fsp3) is 0.150. The highest BCUT2D eigenvalue weighted by molar-refractivity contribution is 7.91. The molecule has 0 atom stereocenters. The van der Waals surface area contributed by atoms with Gasteiger partial charge in [-0.3, -0.25) is 0 Å². The van der Waals surface area contributed by atoms with Gasteiger partial charge in [0.25, 0.3) is 0 Å². The van der Waals surface area contributed by atoms with Gasteiger partial charge in [0.2, 0.25) is 9.84 Å². The highest BCUT2D eigenvalue weighted by atomic mass is 35.5. The second-order valence-electron chi connectivity index (χ2n) is 5.95. The quantitative estimate of drug-likeness (QED) is 0.597. The zero-order valence-electron chi connectivity index (χ0n) is 14.2. The molecule has 0 saturated carbocycles. The number of rotatable bonds is 3. The van der Waals surface area contributed by atoms with Crippen LogP contribution in [0.2, 0.25) is 5.15 Å². The molecular weight excluding hydrogens is 354 g/mol. The predicted octanol–water partition coefficient (Wildman–Crippen LogP) is 5.16. The van der Waals surface area contributed by atoms with Crippen molar-refractivity contribution in [3.63, 3.8) is 0 Å². The van der Waals surface area contributed by atoms with Crippen LogP contribution >= 0.6 is 11.6 Å². The van der Waals surface area contributed by atoms with Crippen molar-refractivity contribution in [1.82, 2.24) is 4.98 Å². The van der Waals surface area contributed by atoms with Crippen LogP contribution in [0.3, 0.4) is 0 Å². The van der Waals surface area contributed by atoms with Crippen LogP contribution in [0, 0.1) is 20.8 Å². The minimum atomic E-state index is -3.77. The van der Waals surface area contributed by atoms with E-state index in [2.05, 4.69) is 4.98 Å². The normalized spacial score (nSPS) is 11.5. The number of hydrogen-bond donors (Lipinski definition) is 0. The predicted molar refractivity (Wildman–Crippen MR) is 101 cm³/mol. The van der Waals surface area contributed by atoms with Gasteiger partial charge in [0.15, 0.2) is 0 Å². The average molecular weight is 372 g/mol. The van der Waals surface area contributed by atoms with Gasteiger partial charge in [-0.2, -0.15) is 0 Å². The molecule has 5 heteroatoms. The van der Waals surface area contributed by atoms with Crippen molar-refractivity contribution in [2.75, 3.05) is 0 Å². The minimum Gasteiger partial charge on any atom is -0.239 e. The molecule has 0 aliphatic heterocycles. The van der Waals surface area contributed by atoms with E-state index in [1.807, 2.05) is 43.3 Å². The van der Waals surface area contributed by atoms with Gasteiger partial charge in [-0.05, 0) is 43.5 Å². The number of aromatic nitrogens is 1. The number of pyridine rings is 1. The molecule has 0 N–H and O–H groups in total. The molecule has 128 valence electrons. The molecule has 1 aromatic heterocycles. The topological polar surface area (TPSA) is 47.0 Å². The molecule has 0 spiro atoms. The third-order valence-electron chi connectivity index (χ3n) is 4.24. The third-order valence-corrected chi connectivity index (χ3v) is 6.70. The number of nitrogens with zero attached hydrogens (tertiary/aromatic N) is 1. The Labute approximate surface area is 153 Å². The number of benzene rings is 2. The Balaban J connectivity index is 2.33. The molecule has 2 aromatic carbocycles. The third kappa shape index (κ3) is 3.08. The number of halogens is 1. The molecule has 1 heterocycles. The Morgan fingerprint density at radius 3 is 2.12 bits per heavy atom. The first kappa shape index (κ1) is 17.6. The smallest absolute Gasteiger partial charge is 0.210 e. The van der Waals surface area contributed by atoms with Gasteiger partial charge in [0.05, 0.1) is 4.90 Å². The lowest BCUT2D eigenvalue weighted by atomic mass is 10.00. The monoisotopic (exact) mass is 371 g/mol. The molecule has 3 nitrogen and oxygen atoms in total. The molecular formula is C20H18ClNO2S. The molecule has 0 bridgehead atoms. The highest BCUT2D eigenvalue weighted by Gasteiger charge is 2.28. The van der Waals surface area contributed by atoms with Crippen LogP contribution in [-0.2, 0) is 9.84 Å². The van der Waals surface area contributed by atoms with Crippen molar-refractivity contribution in [3.8, 4) is 11.1 Å². The zero-order chi connectivity index (χ0) is 18.2. The van der Waals surface area contributed by atoms with Crippen molar-refractivity contribution in [2.45, 2.75) is 30.6 Å². The summed E-state index contributed by atoms with van der Waals surface area (Å²) < 4.78 is 26.5. The molecule has 0 unspecified atom stereocenters. The second-order valence-corrected chi connectivity index (χ2v) is 8.17. The summed E-state index contributed by atoms with van der Waals surface area (Å²) in [6, 6.07) is 16.5. The summed E-state index contributed by atoms with van der Waals surface area (Å²) in [5.41, 5.74) is 3.73. The maximum atomic E-state index is 13.3. The first-order chi connectivity index (χ1) is 11.8. The van der Waals surface area contributed by atoms with Gasteiger partial charge in [0.1, 0.15) is 10.0 Å². The SMILES string of the molecule is Cc1ccccc1S(=O)(=O)c1c(Cl)nc(C)c(-c2ccccc2)c1C. The van der Waals surface area contributed by atoms with Crippen molar-refractivity contribution in [3.05, 3.63) is 76.6 Å². The largest absolute Gasteiger partial charge is 0.239 e. The Morgan fingerprint density at radius 2 is 1.48 bits per heavy atom. The number of sulfone groups is 1. The lowest BCUT2D eigenvalue weighted by Gasteiger charge is -2.17. The summed E-state index contributed by atoms with van der Waals surface area (Å²) in [5.74, 6) is 0. The molecule has 0 fully saturated rings. The lowest BCUT2D eigenvalue weighted by Crippen LogP contribution is -2.10. The molecule has 0 aliphatic carbocycles. The van der Waals surface area contributed by atoms with Gasteiger partial charge in [-0.1, -0.05) is 60.1 Å². The summed E-state index contributed by atoms with van der Waals surface area (Å²) in [6.45, 7) is 5.40. The van der Waals surface area contributed by atoms with E-state index in [-0.39, 0.29) is 14.9 Å². The summed E-state index contributed by atoms with van der Waals surface area (Å²) in [4.78, 5) is 4.65. The van der Waals surface area contributed by atoms with Crippen molar-refractivity contribution in [2.24, 2.45) is 0 Å². The van der Waals surface area contributed by atoms with Crippen molar-refractivity contribution >= 4 is 21.4 Å². The highest BCUT2D eigenvalue weighted by Crippen LogP contribution is 2.37. The fourth-order valence-corrected chi connectivity index (χ4v) is 5.42.